The standard InChI is InChI=1S/C17H23F2N3O3/c1-12(2)20-15(23)11-21-7-9-22(10-8-21)16(24)13-5-3-4-6-14(13)25-17(18)19/h3-6,12,17H,7-11H2,1-2H3,(H,20,23). The van der Waals surface area contributed by atoms with Gasteiger partial charge >= 0.3 is 6.61 Å². The highest BCUT2D eigenvalue weighted by Gasteiger charge is 2.25. The van der Waals surface area contributed by atoms with Crippen LogP contribution < -0.4 is 10.1 Å². The maximum atomic E-state index is 12.6. The predicted molar refractivity (Wildman–Crippen MR) is 88.7 cm³/mol. The highest BCUT2D eigenvalue weighted by Crippen LogP contribution is 2.22. The topological polar surface area (TPSA) is 61.9 Å². The second-order valence-electron chi connectivity index (χ2n) is 6.17. The van der Waals surface area contributed by atoms with E-state index < -0.39 is 6.61 Å². The van der Waals surface area contributed by atoms with Gasteiger partial charge in [-0.05, 0) is 26.0 Å². The minimum Gasteiger partial charge on any atom is -0.434 e. The number of ether oxygens (including phenoxy) is 1. The van der Waals surface area contributed by atoms with Crippen LogP contribution in [0.5, 0.6) is 5.75 Å². The zero-order chi connectivity index (χ0) is 18.4. The predicted octanol–water partition coefficient (Wildman–Crippen LogP) is 1.57. The van der Waals surface area contributed by atoms with Crippen molar-refractivity contribution in [3.05, 3.63) is 29.8 Å². The Labute approximate surface area is 145 Å². The minimum atomic E-state index is -2.98. The van der Waals surface area contributed by atoms with Crippen LogP contribution in [0.3, 0.4) is 0 Å². The number of hydrogen-bond acceptors (Lipinski definition) is 4. The second-order valence-corrected chi connectivity index (χ2v) is 6.17. The molecule has 1 aromatic carbocycles. The third kappa shape index (κ3) is 5.67. The van der Waals surface area contributed by atoms with Crippen molar-refractivity contribution in [2.45, 2.75) is 26.5 Å². The number of para-hydroxylation sites is 1. The smallest absolute Gasteiger partial charge is 0.387 e. The number of nitrogens with one attached hydrogen (secondary N) is 1. The zero-order valence-corrected chi connectivity index (χ0v) is 14.4. The molecular weight excluding hydrogens is 332 g/mol. The third-order valence-corrected chi connectivity index (χ3v) is 3.81. The lowest BCUT2D eigenvalue weighted by Gasteiger charge is -2.34. The lowest BCUT2D eigenvalue weighted by molar-refractivity contribution is -0.123. The van der Waals surface area contributed by atoms with Gasteiger partial charge in [0.25, 0.3) is 5.91 Å². The van der Waals surface area contributed by atoms with Gasteiger partial charge in [0, 0.05) is 32.2 Å². The summed E-state index contributed by atoms with van der Waals surface area (Å²) < 4.78 is 29.4. The number of amides is 2. The first-order valence-electron chi connectivity index (χ1n) is 8.21. The van der Waals surface area contributed by atoms with Crippen molar-refractivity contribution in [2.75, 3.05) is 32.7 Å². The molecule has 0 saturated carbocycles. The minimum absolute atomic E-state index is 0.0505. The van der Waals surface area contributed by atoms with Crippen molar-refractivity contribution >= 4 is 11.8 Å². The molecule has 1 N–H and O–H groups in total. The summed E-state index contributed by atoms with van der Waals surface area (Å²) in [5.74, 6) is -0.519. The summed E-state index contributed by atoms with van der Waals surface area (Å²) in [5, 5.41) is 2.83. The fourth-order valence-electron chi connectivity index (χ4n) is 2.69. The van der Waals surface area contributed by atoms with E-state index in [2.05, 4.69) is 10.1 Å². The lowest BCUT2D eigenvalue weighted by Crippen LogP contribution is -2.51. The van der Waals surface area contributed by atoms with E-state index in [1.54, 1.807) is 17.0 Å². The molecule has 0 aliphatic carbocycles. The fraction of sp³-hybridized carbons (Fsp3) is 0.529. The van der Waals surface area contributed by atoms with Gasteiger partial charge in [0.05, 0.1) is 12.1 Å². The first kappa shape index (κ1) is 19.1. The number of alkyl halides is 2. The SMILES string of the molecule is CC(C)NC(=O)CN1CCN(C(=O)c2ccccc2OC(F)F)CC1. The monoisotopic (exact) mass is 355 g/mol. The van der Waals surface area contributed by atoms with Gasteiger partial charge in [-0.15, -0.1) is 0 Å². The number of piperazine rings is 1. The van der Waals surface area contributed by atoms with Gasteiger partial charge in [-0.25, -0.2) is 0 Å². The number of carbonyl (C=O) groups is 2. The Balaban J connectivity index is 1.92. The van der Waals surface area contributed by atoms with E-state index in [-0.39, 0.29) is 35.7 Å². The molecule has 0 bridgehead atoms. The average molecular weight is 355 g/mol. The number of nitrogens with zero attached hydrogens (tertiary/aromatic N) is 2. The Morgan fingerprint density at radius 2 is 1.80 bits per heavy atom. The van der Waals surface area contributed by atoms with Crippen molar-refractivity contribution in [3.63, 3.8) is 0 Å². The summed E-state index contributed by atoms with van der Waals surface area (Å²) in [4.78, 5) is 27.9. The van der Waals surface area contributed by atoms with Crippen molar-refractivity contribution < 1.29 is 23.1 Å². The van der Waals surface area contributed by atoms with E-state index in [0.717, 1.165) is 0 Å². The molecule has 0 atom stereocenters. The molecule has 0 radical (unpaired) electrons. The third-order valence-electron chi connectivity index (χ3n) is 3.81. The number of halogens is 2. The molecule has 6 nitrogen and oxygen atoms in total. The highest BCUT2D eigenvalue weighted by atomic mass is 19.3. The molecule has 25 heavy (non-hydrogen) atoms. The van der Waals surface area contributed by atoms with E-state index in [1.807, 2.05) is 18.7 Å². The molecule has 8 heteroatoms. The average Bonchev–Trinajstić information content (AvgIpc) is 2.54. The van der Waals surface area contributed by atoms with E-state index in [0.29, 0.717) is 26.2 Å². The van der Waals surface area contributed by atoms with Crippen LogP contribution in [0, 0.1) is 0 Å². The summed E-state index contributed by atoms with van der Waals surface area (Å²) in [6.07, 6.45) is 0. The Bertz CT molecular complexity index is 603. The summed E-state index contributed by atoms with van der Waals surface area (Å²) in [6, 6.07) is 6.06. The highest BCUT2D eigenvalue weighted by molar-refractivity contribution is 5.97. The van der Waals surface area contributed by atoms with Crippen LogP contribution in [0.2, 0.25) is 0 Å². The summed E-state index contributed by atoms with van der Waals surface area (Å²) in [5.41, 5.74) is 0.119. The van der Waals surface area contributed by atoms with Crippen molar-refractivity contribution in [3.8, 4) is 5.75 Å². The van der Waals surface area contributed by atoms with Gasteiger partial charge in [0.1, 0.15) is 5.75 Å². The zero-order valence-electron chi connectivity index (χ0n) is 14.4. The summed E-state index contributed by atoms with van der Waals surface area (Å²) >= 11 is 0. The molecule has 138 valence electrons. The van der Waals surface area contributed by atoms with Crippen molar-refractivity contribution in [1.29, 1.82) is 0 Å². The second kappa shape index (κ2) is 8.75. The van der Waals surface area contributed by atoms with Gasteiger partial charge in [0.15, 0.2) is 0 Å². The molecule has 1 aliphatic rings. The Morgan fingerprint density at radius 3 is 2.40 bits per heavy atom. The first-order chi connectivity index (χ1) is 11.9. The van der Waals surface area contributed by atoms with E-state index in [9.17, 15) is 18.4 Å². The number of hydrogen-bond donors (Lipinski definition) is 1. The molecule has 0 spiro atoms. The summed E-state index contributed by atoms with van der Waals surface area (Å²) in [7, 11) is 0. The van der Waals surface area contributed by atoms with E-state index >= 15 is 0 Å². The van der Waals surface area contributed by atoms with Gasteiger partial charge in [-0.2, -0.15) is 8.78 Å². The first-order valence-corrected chi connectivity index (χ1v) is 8.21. The van der Waals surface area contributed by atoms with Crippen LogP contribution in [0.15, 0.2) is 24.3 Å². The Morgan fingerprint density at radius 1 is 1.16 bits per heavy atom. The van der Waals surface area contributed by atoms with Crippen LogP contribution in [0.1, 0.15) is 24.2 Å². The molecular formula is C17H23F2N3O3. The van der Waals surface area contributed by atoms with Crippen LogP contribution in [-0.2, 0) is 4.79 Å². The normalized spacial score (nSPS) is 15.5. The maximum Gasteiger partial charge on any atom is 0.387 e. The maximum absolute atomic E-state index is 12.6. The molecule has 2 rings (SSSR count). The number of rotatable bonds is 6. The quantitative estimate of drug-likeness (QED) is 0.842. The van der Waals surface area contributed by atoms with Crippen molar-refractivity contribution in [1.82, 2.24) is 15.1 Å². The van der Waals surface area contributed by atoms with Gasteiger partial charge < -0.3 is 15.0 Å². The number of benzene rings is 1. The summed E-state index contributed by atoms with van der Waals surface area (Å²) in [6.45, 7) is 3.05. The van der Waals surface area contributed by atoms with Gasteiger partial charge in [0.2, 0.25) is 5.91 Å². The van der Waals surface area contributed by atoms with Crippen LogP contribution in [0.25, 0.3) is 0 Å². The fourth-order valence-corrected chi connectivity index (χ4v) is 2.69. The molecule has 1 aliphatic heterocycles. The largest absolute Gasteiger partial charge is 0.434 e. The molecule has 1 saturated heterocycles. The van der Waals surface area contributed by atoms with Gasteiger partial charge in [-0.1, -0.05) is 12.1 Å². The van der Waals surface area contributed by atoms with E-state index in [1.165, 1.54) is 12.1 Å². The van der Waals surface area contributed by atoms with Crippen LogP contribution in [0.4, 0.5) is 8.78 Å². The van der Waals surface area contributed by atoms with E-state index in [4.69, 9.17) is 0 Å². The lowest BCUT2D eigenvalue weighted by atomic mass is 10.1. The Kier molecular flexibility index (Phi) is 6.69. The molecule has 1 heterocycles. The van der Waals surface area contributed by atoms with Crippen LogP contribution in [-0.4, -0.2) is 67.0 Å². The molecule has 0 unspecified atom stereocenters. The van der Waals surface area contributed by atoms with Crippen molar-refractivity contribution in [2.24, 2.45) is 0 Å². The van der Waals surface area contributed by atoms with Gasteiger partial charge in [-0.3, -0.25) is 14.5 Å². The molecule has 1 fully saturated rings. The van der Waals surface area contributed by atoms with Crippen LogP contribution >= 0.6 is 0 Å². The Hall–Kier alpha value is -2.22. The molecule has 1 aromatic rings. The molecule has 2 amide bonds. The molecule has 0 aromatic heterocycles. The number of carbonyl (C=O) groups excluding carboxylic acids is 2.